The molecule has 0 bridgehead atoms. The van der Waals surface area contributed by atoms with E-state index in [9.17, 15) is 0 Å². The summed E-state index contributed by atoms with van der Waals surface area (Å²) in [5.41, 5.74) is 3.77. The fourth-order valence-electron chi connectivity index (χ4n) is 3.07. The average molecular weight is 330 g/mol. The predicted molar refractivity (Wildman–Crippen MR) is 106 cm³/mol. The third-order valence-corrected chi connectivity index (χ3v) is 4.55. The Morgan fingerprint density at radius 3 is 1.96 bits per heavy atom. The highest BCUT2D eigenvalue weighted by Crippen LogP contribution is 2.19. The molecule has 25 heavy (non-hydrogen) atoms. The van der Waals surface area contributed by atoms with E-state index in [0.717, 1.165) is 0 Å². The second kappa shape index (κ2) is 8.50. The van der Waals surface area contributed by atoms with E-state index >= 15 is 0 Å². The van der Waals surface area contributed by atoms with E-state index in [-0.39, 0.29) is 18.1 Å². The molecule has 0 aromatic heterocycles. The van der Waals surface area contributed by atoms with Crippen molar-refractivity contribution in [2.75, 3.05) is 0 Å². The fourth-order valence-corrected chi connectivity index (χ4v) is 3.07. The summed E-state index contributed by atoms with van der Waals surface area (Å²) >= 11 is 0. The summed E-state index contributed by atoms with van der Waals surface area (Å²) < 4.78 is 0. The smallest absolute Gasteiger partial charge is 0.0663 e. The molecule has 2 aromatic rings. The third kappa shape index (κ3) is 4.71. The van der Waals surface area contributed by atoms with Gasteiger partial charge in [0, 0.05) is 17.8 Å². The van der Waals surface area contributed by atoms with Crippen molar-refractivity contribution in [2.45, 2.75) is 32.0 Å². The van der Waals surface area contributed by atoms with E-state index in [2.05, 4.69) is 116 Å². The minimum atomic E-state index is 0.149. The number of rotatable bonds is 6. The van der Waals surface area contributed by atoms with Crippen LogP contribution >= 0.6 is 0 Å². The van der Waals surface area contributed by atoms with Crippen LogP contribution < -0.4 is 10.6 Å². The molecule has 0 saturated heterocycles. The van der Waals surface area contributed by atoms with Crippen LogP contribution in [0.1, 0.15) is 37.1 Å². The van der Waals surface area contributed by atoms with Gasteiger partial charge in [-0.3, -0.25) is 5.32 Å². The van der Waals surface area contributed by atoms with Crippen molar-refractivity contribution in [2.24, 2.45) is 0 Å². The number of nitrogens with one attached hydrogen (secondary N) is 2. The molecule has 0 saturated carbocycles. The molecule has 0 heterocycles. The van der Waals surface area contributed by atoms with Crippen molar-refractivity contribution in [3.05, 3.63) is 108 Å². The van der Waals surface area contributed by atoms with Crippen molar-refractivity contribution in [1.82, 2.24) is 10.6 Å². The first-order valence-electron chi connectivity index (χ1n) is 8.91. The lowest BCUT2D eigenvalue weighted by Gasteiger charge is -2.27. The van der Waals surface area contributed by atoms with E-state index in [0.29, 0.717) is 0 Å². The minimum absolute atomic E-state index is 0.149. The zero-order valence-corrected chi connectivity index (χ0v) is 14.9. The second-order valence-electron chi connectivity index (χ2n) is 6.45. The highest BCUT2D eigenvalue weighted by Gasteiger charge is 2.17. The van der Waals surface area contributed by atoms with Gasteiger partial charge in [-0.15, -0.1) is 0 Å². The lowest BCUT2D eigenvalue weighted by molar-refractivity contribution is 0.510. The molecule has 3 atom stereocenters. The summed E-state index contributed by atoms with van der Waals surface area (Å²) in [5.74, 6) is 0. The Kier molecular flexibility index (Phi) is 5.86. The van der Waals surface area contributed by atoms with Crippen LogP contribution in [-0.4, -0.2) is 6.04 Å². The maximum Gasteiger partial charge on any atom is 0.0663 e. The number of allylic oxidation sites excluding steroid dienone is 4. The second-order valence-corrected chi connectivity index (χ2v) is 6.45. The van der Waals surface area contributed by atoms with E-state index in [4.69, 9.17) is 0 Å². The maximum atomic E-state index is 3.72. The van der Waals surface area contributed by atoms with Gasteiger partial charge in [0.05, 0.1) is 6.04 Å². The topological polar surface area (TPSA) is 24.1 Å². The van der Waals surface area contributed by atoms with Crippen LogP contribution in [0.2, 0.25) is 0 Å². The Bertz CT molecular complexity index is 744. The third-order valence-electron chi connectivity index (χ3n) is 4.55. The van der Waals surface area contributed by atoms with Gasteiger partial charge in [0.25, 0.3) is 0 Å². The Morgan fingerprint density at radius 1 is 0.720 bits per heavy atom. The number of hydrogen-bond acceptors (Lipinski definition) is 2. The van der Waals surface area contributed by atoms with Crippen LogP contribution in [0.5, 0.6) is 0 Å². The van der Waals surface area contributed by atoms with E-state index in [1.807, 2.05) is 0 Å². The molecule has 0 radical (unpaired) electrons. The van der Waals surface area contributed by atoms with Crippen LogP contribution in [-0.2, 0) is 0 Å². The molecule has 0 fully saturated rings. The predicted octanol–water partition coefficient (Wildman–Crippen LogP) is 5.07. The summed E-state index contributed by atoms with van der Waals surface area (Å²) in [7, 11) is 0. The molecule has 0 spiro atoms. The summed E-state index contributed by atoms with van der Waals surface area (Å²) in [5, 5.41) is 7.40. The van der Waals surface area contributed by atoms with Crippen molar-refractivity contribution in [3.63, 3.8) is 0 Å². The molecule has 0 amide bonds. The van der Waals surface area contributed by atoms with Gasteiger partial charge in [0.1, 0.15) is 0 Å². The molecule has 2 N–H and O–H groups in total. The lowest BCUT2D eigenvalue weighted by Crippen LogP contribution is -2.37. The molecule has 2 heteroatoms. The molecule has 2 nitrogen and oxygen atoms in total. The molecule has 128 valence electrons. The number of hydrogen-bond donors (Lipinski definition) is 2. The summed E-state index contributed by atoms with van der Waals surface area (Å²) in [4.78, 5) is 0. The van der Waals surface area contributed by atoms with E-state index < -0.39 is 0 Å². The van der Waals surface area contributed by atoms with Gasteiger partial charge in [-0.05, 0) is 31.1 Å². The van der Waals surface area contributed by atoms with Crippen molar-refractivity contribution in [1.29, 1.82) is 0 Å². The maximum absolute atomic E-state index is 3.72. The van der Waals surface area contributed by atoms with Crippen LogP contribution in [0.4, 0.5) is 0 Å². The van der Waals surface area contributed by atoms with Gasteiger partial charge in [-0.25, -0.2) is 0 Å². The first kappa shape index (κ1) is 17.2. The van der Waals surface area contributed by atoms with Crippen molar-refractivity contribution < 1.29 is 0 Å². The quantitative estimate of drug-likeness (QED) is 0.773. The molecule has 3 rings (SSSR count). The Balaban J connectivity index is 1.73. The SMILES string of the molecule is C[C@@H](NC1=CC=CC=CC1N[C@H](C)c1ccccc1)c1ccccc1. The molecule has 1 aliphatic rings. The molecule has 2 aromatic carbocycles. The summed E-state index contributed by atoms with van der Waals surface area (Å²) in [6.07, 6.45) is 10.6. The average Bonchev–Trinajstić information content (AvgIpc) is 2.88. The number of benzene rings is 2. The first-order valence-corrected chi connectivity index (χ1v) is 8.91. The molecular weight excluding hydrogens is 304 g/mol. The van der Waals surface area contributed by atoms with Crippen LogP contribution in [0.3, 0.4) is 0 Å². The van der Waals surface area contributed by atoms with Gasteiger partial charge in [-0.2, -0.15) is 0 Å². The van der Waals surface area contributed by atoms with Crippen molar-refractivity contribution >= 4 is 0 Å². The summed E-state index contributed by atoms with van der Waals surface area (Å²) in [6, 6.07) is 21.8. The van der Waals surface area contributed by atoms with E-state index in [1.165, 1.54) is 16.8 Å². The molecule has 1 aliphatic carbocycles. The van der Waals surface area contributed by atoms with Crippen LogP contribution in [0.15, 0.2) is 96.7 Å². The van der Waals surface area contributed by atoms with Gasteiger partial charge < -0.3 is 5.32 Å². The molecule has 0 aliphatic heterocycles. The first-order chi connectivity index (χ1) is 12.2. The highest BCUT2D eigenvalue weighted by molar-refractivity contribution is 5.31. The van der Waals surface area contributed by atoms with Gasteiger partial charge in [0.15, 0.2) is 0 Å². The fraction of sp³-hybridized carbons (Fsp3) is 0.217. The normalized spacial score (nSPS) is 19.0. The molecular formula is C23H26N2. The zero-order chi connectivity index (χ0) is 17.5. The minimum Gasteiger partial charge on any atom is -0.380 e. The van der Waals surface area contributed by atoms with Crippen LogP contribution in [0, 0.1) is 0 Å². The zero-order valence-electron chi connectivity index (χ0n) is 14.9. The lowest BCUT2D eigenvalue weighted by atomic mass is 10.0. The van der Waals surface area contributed by atoms with Crippen LogP contribution in [0.25, 0.3) is 0 Å². The standard InChI is InChI=1S/C23H26N2/c1-18(20-12-6-3-7-13-20)24-22-16-10-5-11-17-23(22)25-19(2)21-14-8-4-9-15-21/h3-19,22,24-25H,1-2H3/t18-,19-,22?/m1/s1. The Hall–Kier alpha value is -2.58. The van der Waals surface area contributed by atoms with Crippen molar-refractivity contribution in [3.8, 4) is 0 Å². The van der Waals surface area contributed by atoms with E-state index in [1.54, 1.807) is 0 Å². The molecule has 1 unspecified atom stereocenters. The van der Waals surface area contributed by atoms with Gasteiger partial charge in [-0.1, -0.05) is 85.0 Å². The largest absolute Gasteiger partial charge is 0.380 e. The highest BCUT2D eigenvalue weighted by atomic mass is 15.0. The summed E-state index contributed by atoms with van der Waals surface area (Å²) in [6.45, 7) is 4.41. The van der Waals surface area contributed by atoms with Gasteiger partial charge in [0.2, 0.25) is 0 Å². The Labute approximate surface area is 151 Å². The monoisotopic (exact) mass is 330 g/mol. The van der Waals surface area contributed by atoms with Gasteiger partial charge >= 0.3 is 0 Å². The Morgan fingerprint density at radius 2 is 1.32 bits per heavy atom.